The van der Waals surface area contributed by atoms with Gasteiger partial charge in [-0.25, -0.2) is 0 Å². The van der Waals surface area contributed by atoms with Gasteiger partial charge in [0, 0.05) is 6.04 Å². The average Bonchev–Trinajstić information content (AvgIpc) is 2.31. The SMILES string of the molecule is CCCCSCC(=O)N(CC(=O)OCC)C(C)C. The van der Waals surface area contributed by atoms with Crippen molar-refractivity contribution in [3.05, 3.63) is 0 Å². The van der Waals surface area contributed by atoms with Crippen molar-refractivity contribution in [1.29, 1.82) is 0 Å². The monoisotopic (exact) mass is 275 g/mol. The number of nitrogens with zero attached hydrogens (tertiary/aromatic N) is 1. The van der Waals surface area contributed by atoms with Crippen LogP contribution in [-0.4, -0.2) is 47.5 Å². The lowest BCUT2D eigenvalue weighted by Gasteiger charge is -2.25. The van der Waals surface area contributed by atoms with E-state index < -0.39 is 0 Å². The van der Waals surface area contributed by atoms with Gasteiger partial charge in [0.15, 0.2) is 0 Å². The van der Waals surface area contributed by atoms with E-state index in [2.05, 4.69) is 6.92 Å². The second-order valence-corrected chi connectivity index (χ2v) is 5.43. The normalized spacial score (nSPS) is 10.5. The highest BCUT2D eigenvalue weighted by Crippen LogP contribution is 2.08. The molecule has 0 aromatic rings. The highest BCUT2D eigenvalue weighted by molar-refractivity contribution is 7.99. The standard InChI is InChI=1S/C13H25NO3S/c1-5-7-8-18-10-12(15)14(11(3)4)9-13(16)17-6-2/h11H,5-10H2,1-4H3. The van der Waals surface area contributed by atoms with E-state index in [-0.39, 0.29) is 24.5 Å². The smallest absolute Gasteiger partial charge is 0.325 e. The van der Waals surface area contributed by atoms with Gasteiger partial charge in [-0.2, -0.15) is 11.8 Å². The largest absolute Gasteiger partial charge is 0.465 e. The van der Waals surface area contributed by atoms with Gasteiger partial charge in [0.1, 0.15) is 6.54 Å². The summed E-state index contributed by atoms with van der Waals surface area (Å²) in [6, 6.07) is 0.0219. The van der Waals surface area contributed by atoms with Crippen LogP contribution in [0.1, 0.15) is 40.5 Å². The summed E-state index contributed by atoms with van der Waals surface area (Å²) < 4.78 is 4.88. The van der Waals surface area contributed by atoms with Crippen molar-refractivity contribution in [1.82, 2.24) is 4.90 Å². The third-order valence-electron chi connectivity index (χ3n) is 2.42. The maximum absolute atomic E-state index is 12.0. The Balaban J connectivity index is 4.15. The number of carbonyl (C=O) groups excluding carboxylic acids is 2. The summed E-state index contributed by atoms with van der Waals surface area (Å²) in [5, 5.41) is 0. The number of hydrogen-bond donors (Lipinski definition) is 0. The van der Waals surface area contributed by atoms with E-state index in [1.54, 1.807) is 23.6 Å². The zero-order chi connectivity index (χ0) is 14.0. The van der Waals surface area contributed by atoms with Crippen LogP contribution in [0.4, 0.5) is 0 Å². The fraction of sp³-hybridized carbons (Fsp3) is 0.846. The van der Waals surface area contributed by atoms with E-state index in [1.165, 1.54) is 0 Å². The van der Waals surface area contributed by atoms with Crippen LogP contribution in [0.2, 0.25) is 0 Å². The summed E-state index contributed by atoms with van der Waals surface area (Å²) in [6.07, 6.45) is 2.26. The summed E-state index contributed by atoms with van der Waals surface area (Å²) in [4.78, 5) is 25.0. The van der Waals surface area contributed by atoms with Crippen molar-refractivity contribution in [3.8, 4) is 0 Å². The fourth-order valence-corrected chi connectivity index (χ4v) is 2.37. The van der Waals surface area contributed by atoms with E-state index in [9.17, 15) is 9.59 Å². The molecule has 0 saturated heterocycles. The number of unbranched alkanes of at least 4 members (excludes halogenated alkanes) is 1. The van der Waals surface area contributed by atoms with Gasteiger partial charge in [-0.15, -0.1) is 0 Å². The molecule has 0 aliphatic rings. The van der Waals surface area contributed by atoms with Gasteiger partial charge in [-0.05, 0) is 32.9 Å². The molecule has 0 spiro atoms. The number of rotatable bonds is 9. The van der Waals surface area contributed by atoms with Gasteiger partial charge in [0.05, 0.1) is 12.4 Å². The molecule has 0 unspecified atom stereocenters. The highest BCUT2D eigenvalue weighted by Gasteiger charge is 2.20. The lowest BCUT2D eigenvalue weighted by Crippen LogP contribution is -2.42. The molecular weight excluding hydrogens is 250 g/mol. The minimum atomic E-state index is -0.335. The molecule has 0 aromatic carbocycles. The van der Waals surface area contributed by atoms with E-state index in [0.29, 0.717) is 12.4 Å². The predicted octanol–water partition coefficient (Wildman–Crippen LogP) is 2.32. The second kappa shape index (κ2) is 10.2. The van der Waals surface area contributed by atoms with Crippen molar-refractivity contribution in [2.24, 2.45) is 0 Å². The molecule has 0 atom stereocenters. The van der Waals surface area contributed by atoms with E-state index in [0.717, 1.165) is 18.6 Å². The summed E-state index contributed by atoms with van der Waals surface area (Å²) in [6.45, 7) is 8.12. The first kappa shape index (κ1) is 17.3. The second-order valence-electron chi connectivity index (χ2n) is 4.33. The van der Waals surface area contributed by atoms with Crippen molar-refractivity contribution in [2.45, 2.75) is 46.6 Å². The van der Waals surface area contributed by atoms with Crippen molar-refractivity contribution >= 4 is 23.6 Å². The number of hydrogen-bond acceptors (Lipinski definition) is 4. The van der Waals surface area contributed by atoms with Crippen LogP contribution < -0.4 is 0 Å². The molecule has 0 rings (SSSR count). The molecule has 0 aliphatic heterocycles. The maximum Gasteiger partial charge on any atom is 0.325 e. The summed E-state index contributed by atoms with van der Waals surface area (Å²) >= 11 is 1.63. The van der Waals surface area contributed by atoms with Crippen molar-refractivity contribution in [2.75, 3.05) is 24.7 Å². The number of esters is 1. The van der Waals surface area contributed by atoms with Gasteiger partial charge in [-0.3, -0.25) is 9.59 Å². The minimum Gasteiger partial charge on any atom is -0.465 e. The zero-order valence-electron chi connectivity index (χ0n) is 11.9. The third-order valence-corrected chi connectivity index (χ3v) is 3.44. The molecule has 0 saturated carbocycles. The predicted molar refractivity (Wildman–Crippen MR) is 75.7 cm³/mol. The topological polar surface area (TPSA) is 46.6 Å². The molecule has 0 radical (unpaired) electrons. The van der Waals surface area contributed by atoms with Crippen LogP contribution in [0.15, 0.2) is 0 Å². The minimum absolute atomic E-state index is 0.0131. The summed E-state index contributed by atoms with van der Waals surface area (Å²) in [7, 11) is 0. The Bertz CT molecular complexity index is 257. The quantitative estimate of drug-likeness (QED) is 0.478. The fourth-order valence-electron chi connectivity index (χ4n) is 1.39. The van der Waals surface area contributed by atoms with Crippen LogP contribution in [0.3, 0.4) is 0 Å². The van der Waals surface area contributed by atoms with E-state index >= 15 is 0 Å². The Morgan fingerprint density at radius 3 is 2.44 bits per heavy atom. The van der Waals surface area contributed by atoms with Crippen LogP contribution >= 0.6 is 11.8 Å². The Labute approximate surface area is 114 Å². The van der Waals surface area contributed by atoms with Gasteiger partial charge >= 0.3 is 5.97 Å². The molecule has 5 heteroatoms. The molecule has 106 valence electrons. The van der Waals surface area contributed by atoms with E-state index in [4.69, 9.17) is 4.74 Å². The number of thioether (sulfide) groups is 1. The maximum atomic E-state index is 12.0. The van der Waals surface area contributed by atoms with Gasteiger partial charge < -0.3 is 9.64 Å². The molecule has 0 aromatic heterocycles. The first-order valence-electron chi connectivity index (χ1n) is 6.55. The van der Waals surface area contributed by atoms with Crippen LogP contribution in [0.25, 0.3) is 0 Å². The highest BCUT2D eigenvalue weighted by atomic mass is 32.2. The first-order valence-corrected chi connectivity index (χ1v) is 7.71. The third kappa shape index (κ3) is 7.58. The first-order chi connectivity index (χ1) is 8.52. The van der Waals surface area contributed by atoms with Crippen molar-refractivity contribution < 1.29 is 14.3 Å². The molecule has 1 amide bonds. The number of carbonyl (C=O) groups is 2. The Hall–Kier alpha value is -0.710. The summed E-state index contributed by atoms with van der Waals surface area (Å²) in [5.74, 6) is 1.11. The average molecular weight is 275 g/mol. The summed E-state index contributed by atoms with van der Waals surface area (Å²) in [5.41, 5.74) is 0. The van der Waals surface area contributed by atoms with Crippen LogP contribution in [-0.2, 0) is 14.3 Å². The van der Waals surface area contributed by atoms with Gasteiger partial charge in [-0.1, -0.05) is 13.3 Å². The lowest BCUT2D eigenvalue weighted by molar-refractivity contribution is -0.149. The molecule has 18 heavy (non-hydrogen) atoms. The number of amides is 1. The van der Waals surface area contributed by atoms with Crippen LogP contribution in [0.5, 0.6) is 0 Å². The molecule has 4 nitrogen and oxygen atoms in total. The van der Waals surface area contributed by atoms with Gasteiger partial charge in [0.2, 0.25) is 5.91 Å². The Kier molecular flexibility index (Phi) is 9.83. The molecule has 0 bridgehead atoms. The molecule has 0 aliphatic carbocycles. The molecule has 0 N–H and O–H groups in total. The Morgan fingerprint density at radius 1 is 1.28 bits per heavy atom. The molecule has 0 fully saturated rings. The van der Waals surface area contributed by atoms with Crippen molar-refractivity contribution in [3.63, 3.8) is 0 Å². The number of ether oxygens (including phenoxy) is 1. The van der Waals surface area contributed by atoms with E-state index in [1.807, 2.05) is 13.8 Å². The molecular formula is C13H25NO3S. The lowest BCUT2D eigenvalue weighted by atomic mass is 10.3. The molecule has 0 heterocycles. The van der Waals surface area contributed by atoms with Crippen LogP contribution in [0, 0.1) is 0 Å². The zero-order valence-corrected chi connectivity index (χ0v) is 12.7. The van der Waals surface area contributed by atoms with Gasteiger partial charge in [0.25, 0.3) is 0 Å². The Morgan fingerprint density at radius 2 is 1.94 bits per heavy atom.